The van der Waals surface area contributed by atoms with E-state index in [1.54, 1.807) is 0 Å². The van der Waals surface area contributed by atoms with Gasteiger partial charge in [-0.05, 0) is 54.1 Å². The predicted molar refractivity (Wildman–Crippen MR) is 172 cm³/mol. The molecule has 0 spiro atoms. The van der Waals surface area contributed by atoms with Crippen LogP contribution < -0.4 is 20.7 Å². The molecule has 1 saturated carbocycles. The summed E-state index contributed by atoms with van der Waals surface area (Å²) in [4.78, 5) is 15.1. The van der Waals surface area contributed by atoms with Crippen LogP contribution in [0.25, 0.3) is 0 Å². The molecular formula is C30H43Cl3N3O3P. The molecule has 1 heterocycles. The molecule has 4 unspecified atom stereocenters. The Morgan fingerprint density at radius 2 is 1.85 bits per heavy atom. The second kappa shape index (κ2) is 15.8. The van der Waals surface area contributed by atoms with Gasteiger partial charge >= 0.3 is 0 Å². The lowest BCUT2D eigenvalue weighted by Gasteiger charge is -2.55. The molecule has 0 bridgehead atoms. The molecule has 10 heteroatoms. The highest BCUT2D eigenvalue weighted by atomic mass is 35.6. The van der Waals surface area contributed by atoms with Crippen LogP contribution in [0, 0.1) is 11.8 Å². The highest BCUT2D eigenvalue weighted by Crippen LogP contribution is 2.47. The van der Waals surface area contributed by atoms with Crippen molar-refractivity contribution in [2.24, 2.45) is 11.8 Å². The van der Waals surface area contributed by atoms with Crippen LogP contribution in [0.2, 0.25) is 0 Å². The number of carbonyl (C=O) groups is 1. The molecule has 1 aliphatic carbocycles. The Balaban J connectivity index is 0.00000216. The zero-order valence-electron chi connectivity index (χ0n) is 23.7. The molecule has 0 aromatic heterocycles. The number of ether oxygens (including phenoxy) is 2. The van der Waals surface area contributed by atoms with E-state index >= 15 is 0 Å². The number of benzene rings is 2. The minimum Gasteiger partial charge on any atom is -0.493 e. The zero-order valence-corrected chi connectivity index (χ0v) is 27.2. The first-order valence-electron chi connectivity index (χ1n) is 14.2. The zero-order chi connectivity index (χ0) is 29.2. The molecule has 1 aliphatic heterocycles. The summed E-state index contributed by atoms with van der Waals surface area (Å²) in [6.07, 6.45) is 2.45. The Hall–Kier alpha value is -1.27. The first-order valence-corrected chi connectivity index (χ1v) is 15.9. The fourth-order valence-electron chi connectivity index (χ4n) is 5.36. The second-order valence-electron chi connectivity index (χ2n) is 10.3. The molecule has 2 aromatic carbocycles. The number of nitrogens with zero attached hydrogens (tertiary/aromatic N) is 1. The van der Waals surface area contributed by atoms with E-state index in [1.807, 2.05) is 50.2 Å². The summed E-state index contributed by atoms with van der Waals surface area (Å²) < 4.78 is 9.41. The Kier molecular flexibility index (Phi) is 13.1. The standard InChI is InChI=1S/C28H37Cl3N3O3P.C2H6/c1-20-22(18-27(20,33-26(35)28(29,30)31)17-21-6-8-25(38)9-7-21)19-32-23-4-2-5-24(16-23)37-13-3-10-34-11-14-36-15-12-34;1-2/h2,4-9,16,20,22,32H,3,10-15,17-19,38H2,1H3,(H,33,35);1-2H3. The topological polar surface area (TPSA) is 62.8 Å². The molecule has 4 rings (SSSR count). The van der Waals surface area contributed by atoms with Gasteiger partial charge in [0.05, 0.1) is 19.8 Å². The Bertz CT molecular complexity index is 1060. The third-order valence-corrected chi connectivity index (χ3v) is 8.62. The van der Waals surface area contributed by atoms with Gasteiger partial charge in [0.15, 0.2) is 0 Å². The molecule has 2 N–H and O–H groups in total. The van der Waals surface area contributed by atoms with Gasteiger partial charge in [0.2, 0.25) is 0 Å². The quantitative estimate of drug-likeness (QED) is 0.185. The molecular weight excluding hydrogens is 588 g/mol. The van der Waals surface area contributed by atoms with E-state index in [9.17, 15) is 4.79 Å². The number of halogens is 3. The van der Waals surface area contributed by atoms with Gasteiger partial charge in [0.25, 0.3) is 9.70 Å². The average Bonchev–Trinajstić information content (AvgIpc) is 2.95. The van der Waals surface area contributed by atoms with Gasteiger partial charge < -0.3 is 20.1 Å². The summed E-state index contributed by atoms with van der Waals surface area (Å²) in [6, 6.07) is 16.3. The lowest BCUT2D eigenvalue weighted by atomic mass is 9.57. The van der Waals surface area contributed by atoms with Crippen molar-refractivity contribution in [3.63, 3.8) is 0 Å². The van der Waals surface area contributed by atoms with Gasteiger partial charge in [-0.2, -0.15) is 0 Å². The third-order valence-electron chi connectivity index (χ3n) is 7.72. The van der Waals surface area contributed by atoms with Crippen molar-refractivity contribution in [1.29, 1.82) is 0 Å². The molecule has 1 amide bonds. The molecule has 4 atom stereocenters. The van der Waals surface area contributed by atoms with Gasteiger partial charge in [-0.25, -0.2) is 0 Å². The van der Waals surface area contributed by atoms with E-state index in [1.165, 1.54) is 0 Å². The molecule has 2 aromatic rings. The SMILES string of the molecule is CC.CC1C(CNc2cccc(OCCCN3CCOCC3)c2)CC1(Cc1ccc(P)cc1)NC(=O)C(Cl)(Cl)Cl. The lowest BCUT2D eigenvalue weighted by molar-refractivity contribution is -0.126. The minimum atomic E-state index is -2.00. The number of nitrogens with one attached hydrogen (secondary N) is 2. The maximum absolute atomic E-state index is 12.6. The number of amides is 1. The van der Waals surface area contributed by atoms with Crippen molar-refractivity contribution in [3.8, 4) is 5.75 Å². The first kappa shape index (κ1) is 33.2. The van der Waals surface area contributed by atoms with E-state index < -0.39 is 15.2 Å². The van der Waals surface area contributed by atoms with Crippen LogP contribution >= 0.6 is 44.0 Å². The van der Waals surface area contributed by atoms with Crippen molar-refractivity contribution >= 4 is 60.9 Å². The van der Waals surface area contributed by atoms with Crippen LogP contribution in [0.1, 0.15) is 39.2 Å². The molecule has 6 nitrogen and oxygen atoms in total. The Morgan fingerprint density at radius 1 is 1.15 bits per heavy atom. The fourth-order valence-corrected chi connectivity index (χ4v) is 5.69. The molecule has 40 heavy (non-hydrogen) atoms. The number of hydrogen-bond donors (Lipinski definition) is 2. The minimum absolute atomic E-state index is 0.182. The van der Waals surface area contributed by atoms with E-state index in [0.29, 0.717) is 18.9 Å². The van der Waals surface area contributed by atoms with Crippen molar-refractivity contribution in [3.05, 3.63) is 54.1 Å². The Labute approximate surface area is 257 Å². The van der Waals surface area contributed by atoms with Crippen molar-refractivity contribution in [2.45, 2.75) is 49.4 Å². The van der Waals surface area contributed by atoms with Gasteiger partial charge in [-0.15, -0.1) is 9.24 Å². The van der Waals surface area contributed by atoms with E-state index in [2.05, 4.69) is 43.8 Å². The summed E-state index contributed by atoms with van der Waals surface area (Å²) >= 11 is 17.7. The monoisotopic (exact) mass is 629 g/mol. The Morgan fingerprint density at radius 3 is 2.50 bits per heavy atom. The van der Waals surface area contributed by atoms with Crippen LogP contribution in [0.4, 0.5) is 5.69 Å². The van der Waals surface area contributed by atoms with Crippen LogP contribution in [0.15, 0.2) is 48.5 Å². The second-order valence-corrected chi connectivity index (χ2v) is 13.3. The average molecular weight is 631 g/mol. The van der Waals surface area contributed by atoms with Crippen LogP contribution in [0.5, 0.6) is 5.75 Å². The normalized spacial score (nSPS) is 22.9. The summed E-state index contributed by atoms with van der Waals surface area (Å²) in [5.74, 6) is 0.814. The highest BCUT2D eigenvalue weighted by Gasteiger charge is 2.53. The number of rotatable bonds is 11. The summed E-state index contributed by atoms with van der Waals surface area (Å²) in [6.45, 7) is 12.3. The molecule has 1 saturated heterocycles. The van der Waals surface area contributed by atoms with E-state index in [4.69, 9.17) is 44.3 Å². The summed E-state index contributed by atoms with van der Waals surface area (Å²) in [7, 11) is 2.69. The van der Waals surface area contributed by atoms with E-state index in [-0.39, 0.29) is 5.92 Å². The number of anilines is 1. The van der Waals surface area contributed by atoms with Gasteiger partial charge in [-0.1, -0.05) is 85.9 Å². The largest absolute Gasteiger partial charge is 0.493 e. The lowest BCUT2D eigenvalue weighted by Crippen LogP contribution is -2.67. The van der Waals surface area contributed by atoms with E-state index in [0.717, 1.165) is 74.5 Å². The summed E-state index contributed by atoms with van der Waals surface area (Å²) in [5, 5.41) is 7.74. The third kappa shape index (κ3) is 9.64. The number of morpholine rings is 1. The van der Waals surface area contributed by atoms with Gasteiger partial charge in [-0.3, -0.25) is 9.69 Å². The number of hydrogen-bond acceptors (Lipinski definition) is 5. The maximum Gasteiger partial charge on any atom is 0.272 e. The van der Waals surface area contributed by atoms with Gasteiger partial charge in [0.1, 0.15) is 5.75 Å². The first-order chi connectivity index (χ1) is 19.1. The number of alkyl halides is 3. The number of carbonyl (C=O) groups excluding carboxylic acids is 1. The van der Waals surface area contributed by atoms with Gasteiger partial charge in [0, 0.05) is 43.5 Å². The molecule has 2 aliphatic rings. The predicted octanol–water partition coefficient (Wildman–Crippen LogP) is 5.85. The van der Waals surface area contributed by atoms with Crippen LogP contribution in [-0.2, 0) is 16.0 Å². The molecule has 2 fully saturated rings. The van der Waals surface area contributed by atoms with Crippen molar-refractivity contribution < 1.29 is 14.3 Å². The molecule has 0 radical (unpaired) electrons. The highest BCUT2D eigenvalue weighted by molar-refractivity contribution is 7.27. The smallest absolute Gasteiger partial charge is 0.272 e. The van der Waals surface area contributed by atoms with Crippen LogP contribution in [-0.4, -0.2) is 66.1 Å². The van der Waals surface area contributed by atoms with Crippen LogP contribution in [0.3, 0.4) is 0 Å². The maximum atomic E-state index is 12.6. The fraction of sp³-hybridized carbons (Fsp3) is 0.567. The molecule has 222 valence electrons. The van der Waals surface area contributed by atoms with Crippen molar-refractivity contribution in [2.75, 3.05) is 51.3 Å². The summed E-state index contributed by atoms with van der Waals surface area (Å²) in [5.41, 5.74) is 1.68. The van der Waals surface area contributed by atoms with Crippen molar-refractivity contribution in [1.82, 2.24) is 10.2 Å².